The fourth-order valence-electron chi connectivity index (χ4n) is 2.57. The number of hydrogen-bond acceptors (Lipinski definition) is 5. The van der Waals surface area contributed by atoms with Crippen molar-refractivity contribution in [1.29, 1.82) is 0 Å². The third kappa shape index (κ3) is 2.73. The summed E-state index contributed by atoms with van der Waals surface area (Å²) in [4.78, 5) is 2.20. The van der Waals surface area contributed by atoms with Crippen molar-refractivity contribution in [2.24, 2.45) is 0 Å². The fraction of sp³-hybridized carbons (Fsp3) is 0.500. The standard InChI is InChI=1S/C14H18ClN5O/c1-3-20-12(4-5-16-20)11-8-13(17-18-14(11)15)19-6-7-21-9-10(19)2/h4-5,8,10H,3,6-7,9H2,1-2H3. The van der Waals surface area contributed by atoms with E-state index in [-0.39, 0.29) is 6.04 Å². The zero-order valence-electron chi connectivity index (χ0n) is 12.2. The Balaban J connectivity index is 2.00. The Labute approximate surface area is 128 Å². The first-order chi connectivity index (χ1) is 10.2. The Morgan fingerprint density at radius 3 is 3.05 bits per heavy atom. The fourth-order valence-corrected chi connectivity index (χ4v) is 2.76. The molecule has 1 atom stereocenters. The molecule has 0 aromatic carbocycles. The number of anilines is 1. The maximum absolute atomic E-state index is 6.23. The minimum atomic E-state index is 0.276. The zero-order chi connectivity index (χ0) is 14.8. The molecule has 1 aliphatic heterocycles. The van der Waals surface area contributed by atoms with Crippen LogP contribution in [-0.4, -0.2) is 45.8 Å². The molecule has 2 aromatic heterocycles. The van der Waals surface area contributed by atoms with Crippen LogP contribution in [0.2, 0.25) is 5.15 Å². The summed E-state index contributed by atoms with van der Waals surface area (Å²) in [6.07, 6.45) is 1.77. The summed E-state index contributed by atoms with van der Waals surface area (Å²) in [7, 11) is 0. The zero-order valence-corrected chi connectivity index (χ0v) is 12.9. The largest absolute Gasteiger partial charge is 0.377 e. The second kappa shape index (κ2) is 5.99. The van der Waals surface area contributed by atoms with Gasteiger partial charge in [-0.1, -0.05) is 11.6 Å². The van der Waals surface area contributed by atoms with E-state index in [9.17, 15) is 0 Å². The summed E-state index contributed by atoms with van der Waals surface area (Å²) in [5, 5.41) is 13.0. The normalized spacial score (nSPS) is 19.0. The van der Waals surface area contributed by atoms with Gasteiger partial charge in [0.2, 0.25) is 0 Å². The van der Waals surface area contributed by atoms with Crippen molar-refractivity contribution >= 4 is 17.4 Å². The number of halogens is 1. The van der Waals surface area contributed by atoms with Crippen LogP contribution in [0.3, 0.4) is 0 Å². The van der Waals surface area contributed by atoms with E-state index in [1.807, 2.05) is 23.7 Å². The third-order valence-electron chi connectivity index (χ3n) is 3.69. The van der Waals surface area contributed by atoms with Gasteiger partial charge in [-0.25, -0.2) is 0 Å². The molecule has 0 spiro atoms. The Kier molecular flexibility index (Phi) is 4.07. The lowest BCUT2D eigenvalue weighted by Gasteiger charge is -2.34. The van der Waals surface area contributed by atoms with Crippen LogP contribution in [-0.2, 0) is 11.3 Å². The molecule has 1 unspecified atom stereocenters. The number of aromatic nitrogens is 4. The van der Waals surface area contributed by atoms with Gasteiger partial charge in [0.15, 0.2) is 11.0 Å². The maximum Gasteiger partial charge on any atom is 0.161 e. The van der Waals surface area contributed by atoms with Gasteiger partial charge in [0.1, 0.15) is 0 Å². The lowest BCUT2D eigenvalue weighted by atomic mass is 10.2. The van der Waals surface area contributed by atoms with Crippen LogP contribution < -0.4 is 4.90 Å². The summed E-state index contributed by atoms with van der Waals surface area (Å²) in [6, 6.07) is 4.21. The number of hydrogen-bond donors (Lipinski definition) is 0. The predicted octanol–water partition coefficient (Wildman–Crippen LogP) is 2.24. The molecule has 21 heavy (non-hydrogen) atoms. The molecule has 0 saturated carbocycles. The van der Waals surface area contributed by atoms with Crippen LogP contribution in [0.15, 0.2) is 18.3 Å². The van der Waals surface area contributed by atoms with Gasteiger partial charge in [0.05, 0.1) is 24.9 Å². The van der Waals surface area contributed by atoms with Crippen LogP contribution in [0.25, 0.3) is 11.3 Å². The van der Waals surface area contributed by atoms with Crippen LogP contribution >= 0.6 is 11.6 Å². The van der Waals surface area contributed by atoms with Crippen LogP contribution in [0.5, 0.6) is 0 Å². The van der Waals surface area contributed by atoms with Gasteiger partial charge in [-0.05, 0) is 26.0 Å². The molecule has 0 radical (unpaired) electrons. The van der Waals surface area contributed by atoms with E-state index in [1.165, 1.54) is 0 Å². The van der Waals surface area contributed by atoms with Gasteiger partial charge in [-0.15, -0.1) is 10.2 Å². The minimum Gasteiger partial charge on any atom is -0.377 e. The lowest BCUT2D eigenvalue weighted by Crippen LogP contribution is -2.44. The van der Waals surface area contributed by atoms with Crippen LogP contribution in [0, 0.1) is 0 Å². The average Bonchev–Trinajstić information content (AvgIpc) is 2.97. The van der Waals surface area contributed by atoms with Crippen molar-refractivity contribution in [3.05, 3.63) is 23.5 Å². The molecule has 1 saturated heterocycles. The molecule has 0 amide bonds. The monoisotopic (exact) mass is 307 g/mol. The molecule has 7 heteroatoms. The average molecular weight is 308 g/mol. The van der Waals surface area contributed by atoms with E-state index in [0.717, 1.165) is 30.2 Å². The summed E-state index contributed by atoms with van der Waals surface area (Å²) >= 11 is 6.23. The summed E-state index contributed by atoms with van der Waals surface area (Å²) < 4.78 is 7.36. The molecule has 3 rings (SSSR count). The van der Waals surface area contributed by atoms with Crippen molar-refractivity contribution in [2.45, 2.75) is 26.4 Å². The minimum absolute atomic E-state index is 0.276. The van der Waals surface area contributed by atoms with Crippen LogP contribution in [0.1, 0.15) is 13.8 Å². The summed E-state index contributed by atoms with van der Waals surface area (Å²) in [5.74, 6) is 0.828. The summed E-state index contributed by atoms with van der Waals surface area (Å²) in [6.45, 7) is 7.16. The van der Waals surface area contributed by atoms with Crippen molar-refractivity contribution in [1.82, 2.24) is 20.0 Å². The highest BCUT2D eigenvalue weighted by atomic mass is 35.5. The van der Waals surface area contributed by atoms with E-state index >= 15 is 0 Å². The van der Waals surface area contributed by atoms with Crippen LogP contribution in [0.4, 0.5) is 5.82 Å². The predicted molar refractivity (Wildman–Crippen MR) is 81.6 cm³/mol. The number of rotatable bonds is 3. The molecule has 3 heterocycles. The van der Waals surface area contributed by atoms with Gasteiger partial charge in [0, 0.05) is 24.8 Å². The van der Waals surface area contributed by atoms with Gasteiger partial charge in [-0.2, -0.15) is 5.10 Å². The molecule has 1 fully saturated rings. The van der Waals surface area contributed by atoms with Gasteiger partial charge in [-0.3, -0.25) is 4.68 Å². The van der Waals surface area contributed by atoms with Crippen molar-refractivity contribution in [3.63, 3.8) is 0 Å². The van der Waals surface area contributed by atoms with Gasteiger partial charge < -0.3 is 9.64 Å². The quantitative estimate of drug-likeness (QED) is 0.870. The number of ether oxygens (including phenoxy) is 1. The second-order valence-corrected chi connectivity index (χ2v) is 5.41. The Bertz CT molecular complexity index is 630. The molecule has 0 bridgehead atoms. The number of aryl methyl sites for hydroxylation is 1. The first-order valence-corrected chi connectivity index (χ1v) is 7.48. The van der Waals surface area contributed by atoms with E-state index < -0.39 is 0 Å². The van der Waals surface area contributed by atoms with E-state index in [4.69, 9.17) is 16.3 Å². The van der Waals surface area contributed by atoms with E-state index in [2.05, 4.69) is 27.1 Å². The van der Waals surface area contributed by atoms with Gasteiger partial charge in [0.25, 0.3) is 0 Å². The summed E-state index contributed by atoms with van der Waals surface area (Å²) in [5.41, 5.74) is 1.82. The molecule has 0 aliphatic carbocycles. The molecule has 2 aromatic rings. The third-order valence-corrected chi connectivity index (χ3v) is 3.97. The van der Waals surface area contributed by atoms with Crippen molar-refractivity contribution in [3.8, 4) is 11.3 Å². The molecular weight excluding hydrogens is 290 g/mol. The van der Waals surface area contributed by atoms with Crippen molar-refractivity contribution in [2.75, 3.05) is 24.7 Å². The highest BCUT2D eigenvalue weighted by molar-refractivity contribution is 6.32. The first kappa shape index (κ1) is 14.3. The molecular formula is C14H18ClN5O. The highest BCUT2D eigenvalue weighted by Crippen LogP contribution is 2.29. The number of nitrogens with zero attached hydrogens (tertiary/aromatic N) is 5. The topological polar surface area (TPSA) is 56.1 Å². The molecule has 6 nitrogen and oxygen atoms in total. The van der Waals surface area contributed by atoms with E-state index in [0.29, 0.717) is 18.4 Å². The second-order valence-electron chi connectivity index (χ2n) is 5.06. The first-order valence-electron chi connectivity index (χ1n) is 7.10. The Morgan fingerprint density at radius 1 is 1.43 bits per heavy atom. The number of morpholine rings is 1. The lowest BCUT2D eigenvalue weighted by molar-refractivity contribution is 0.0984. The van der Waals surface area contributed by atoms with E-state index in [1.54, 1.807) is 6.20 Å². The Morgan fingerprint density at radius 2 is 2.29 bits per heavy atom. The SMILES string of the molecule is CCn1nccc1-c1cc(N2CCOCC2C)nnc1Cl. The smallest absolute Gasteiger partial charge is 0.161 e. The van der Waals surface area contributed by atoms with Gasteiger partial charge >= 0.3 is 0 Å². The Hall–Kier alpha value is -1.66. The molecule has 0 N–H and O–H groups in total. The maximum atomic E-state index is 6.23. The van der Waals surface area contributed by atoms with Crippen molar-refractivity contribution < 1.29 is 4.74 Å². The molecule has 1 aliphatic rings. The highest BCUT2D eigenvalue weighted by Gasteiger charge is 2.22. The molecule has 112 valence electrons.